The fraction of sp³-hybridized carbons (Fsp3) is 0.167. The molecular formula is C30H30N2O5S. The molecule has 0 unspecified atom stereocenters. The number of ether oxygens (including phenoxy) is 2. The summed E-state index contributed by atoms with van der Waals surface area (Å²) >= 11 is 0. The van der Waals surface area contributed by atoms with Gasteiger partial charge in [0.1, 0.15) is 23.8 Å². The Kier molecular flexibility index (Phi) is 8.33. The fourth-order valence-electron chi connectivity index (χ4n) is 3.71. The smallest absolute Gasteiger partial charge is 0.264 e. The number of carbonyl (C=O) groups excluding carboxylic acids is 1. The van der Waals surface area contributed by atoms with E-state index in [9.17, 15) is 13.2 Å². The van der Waals surface area contributed by atoms with E-state index in [-0.39, 0.29) is 11.0 Å². The molecule has 0 fully saturated rings. The summed E-state index contributed by atoms with van der Waals surface area (Å²) in [5.41, 5.74) is 1.77. The van der Waals surface area contributed by atoms with Gasteiger partial charge in [-0.05, 0) is 81.4 Å². The third-order valence-electron chi connectivity index (χ3n) is 5.49. The van der Waals surface area contributed by atoms with E-state index < -0.39 is 22.5 Å². The minimum Gasteiger partial charge on any atom is -0.491 e. The number of benzene rings is 4. The molecule has 0 radical (unpaired) electrons. The fourth-order valence-corrected chi connectivity index (χ4v) is 5.13. The number of hydrogen-bond acceptors (Lipinski definition) is 5. The molecule has 0 aromatic heterocycles. The van der Waals surface area contributed by atoms with Crippen LogP contribution in [0.15, 0.2) is 108 Å². The van der Waals surface area contributed by atoms with Crippen LogP contribution >= 0.6 is 0 Å². The van der Waals surface area contributed by atoms with E-state index in [1.807, 2.05) is 51.1 Å². The Morgan fingerprint density at radius 2 is 1.45 bits per heavy atom. The van der Waals surface area contributed by atoms with Crippen LogP contribution in [0, 0.1) is 6.92 Å². The summed E-state index contributed by atoms with van der Waals surface area (Å²) in [7, 11) is -4.05. The Morgan fingerprint density at radius 1 is 0.816 bits per heavy atom. The number of carbonyl (C=O) groups is 1. The highest BCUT2D eigenvalue weighted by Gasteiger charge is 2.27. The lowest BCUT2D eigenvalue weighted by molar-refractivity contribution is -0.114. The SMILES string of the molecule is Cc1ccc(S(=O)(=O)N(CC(=O)Nc2cccc(OC(C)C)c2)c2ccc(Oc3ccccc3)cc2)cc1. The van der Waals surface area contributed by atoms with Crippen molar-refractivity contribution in [3.63, 3.8) is 0 Å². The Hall–Kier alpha value is -4.30. The van der Waals surface area contributed by atoms with Gasteiger partial charge >= 0.3 is 0 Å². The zero-order chi connectivity index (χ0) is 27.1. The van der Waals surface area contributed by atoms with Gasteiger partial charge in [0.2, 0.25) is 5.91 Å². The van der Waals surface area contributed by atoms with Crippen LogP contribution in [0.2, 0.25) is 0 Å². The molecule has 38 heavy (non-hydrogen) atoms. The van der Waals surface area contributed by atoms with Crippen molar-refractivity contribution in [2.75, 3.05) is 16.2 Å². The number of anilines is 2. The molecule has 0 spiro atoms. The Balaban J connectivity index is 1.60. The Bertz CT molecular complexity index is 1470. The predicted octanol–water partition coefficient (Wildman–Crippen LogP) is 6.41. The van der Waals surface area contributed by atoms with E-state index in [2.05, 4.69) is 5.32 Å². The summed E-state index contributed by atoms with van der Waals surface area (Å²) in [4.78, 5) is 13.2. The van der Waals surface area contributed by atoms with Gasteiger partial charge in [-0.15, -0.1) is 0 Å². The standard InChI is InChI=1S/C30H30N2O5S/c1-22(2)36-28-11-7-8-24(20-28)31-30(33)21-32(38(34,35)29-18-12-23(3)13-19-29)25-14-16-27(17-15-25)37-26-9-5-4-6-10-26/h4-20,22H,21H2,1-3H3,(H,31,33). The van der Waals surface area contributed by atoms with Crippen LogP contribution < -0.4 is 19.1 Å². The molecule has 0 atom stereocenters. The summed E-state index contributed by atoms with van der Waals surface area (Å²) < 4.78 is 40.0. The maximum absolute atomic E-state index is 13.7. The first-order valence-corrected chi connectivity index (χ1v) is 13.6. The highest BCUT2D eigenvalue weighted by atomic mass is 32.2. The summed E-state index contributed by atoms with van der Waals surface area (Å²) in [5.74, 6) is 1.31. The second kappa shape index (κ2) is 11.8. The van der Waals surface area contributed by atoms with Gasteiger partial charge in [0.15, 0.2) is 0 Å². The van der Waals surface area contributed by atoms with Crippen molar-refractivity contribution in [2.45, 2.75) is 31.8 Å². The van der Waals surface area contributed by atoms with E-state index in [0.717, 1.165) is 9.87 Å². The first kappa shape index (κ1) is 26.8. The van der Waals surface area contributed by atoms with Gasteiger partial charge in [0.25, 0.3) is 10.0 Å². The molecule has 0 bridgehead atoms. The second-order valence-electron chi connectivity index (χ2n) is 8.98. The molecule has 4 aromatic carbocycles. The first-order chi connectivity index (χ1) is 18.2. The van der Waals surface area contributed by atoms with Crippen LogP contribution in [0.4, 0.5) is 11.4 Å². The number of nitrogens with one attached hydrogen (secondary N) is 1. The molecule has 0 heterocycles. The molecule has 0 aliphatic carbocycles. The molecule has 0 saturated heterocycles. The van der Waals surface area contributed by atoms with Gasteiger partial charge in [0, 0.05) is 11.8 Å². The topological polar surface area (TPSA) is 84.9 Å². The lowest BCUT2D eigenvalue weighted by atomic mass is 10.2. The maximum Gasteiger partial charge on any atom is 0.264 e. The monoisotopic (exact) mass is 530 g/mol. The first-order valence-electron chi connectivity index (χ1n) is 12.2. The van der Waals surface area contributed by atoms with Crippen LogP contribution in [0.1, 0.15) is 19.4 Å². The molecule has 196 valence electrons. The summed E-state index contributed by atoms with van der Waals surface area (Å²) in [5, 5.41) is 2.78. The predicted molar refractivity (Wildman–Crippen MR) is 150 cm³/mol. The van der Waals surface area contributed by atoms with Crippen LogP contribution in [0.5, 0.6) is 17.2 Å². The van der Waals surface area contributed by atoms with Crippen molar-refractivity contribution in [1.82, 2.24) is 0 Å². The number of hydrogen-bond donors (Lipinski definition) is 1. The Labute approximate surface area is 223 Å². The van der Waals surface area contributed by atoms with Crippen molar-refractivity contribution < 1.29 is 22.7 Å². The molecular weight excluding hydrogens is 500 g/mol. The number of rotatable bonds is 10. The summed E-state index contributed by atoms with van der Waals surface area (Å²) in [6.07, 6.45) is -0.0232. The van der Waals surface area contributed by atoms with Crippen molar-refractivity contribution in [3.8, 4) is 17.2 Å². The number of aryl methyl sites for hydroxylation is 1. The van der Waals surface area contributed by atoms with Gasteiger partial charge in [0.05, 0.1) is 16.7 Å². The van der Waals surface area contributed by atoms with E-state index in [0.29, 0.717) is 28.6 Å². The Morgan fingerprint density at radius 3 is 2.11 bits per heavy atom. The van der Waals surface area contributed by atoms with Gasteiger partial charge < -0.3 is 14.8 Å². The quantitative estimate of drug-likeness (QED) is 0.256. The third-order valence-corrected chi connectivity index (χ3v) is 7.28. The number of amides is 1. The molecule has 1 amide bonds. The van der Waals surface area contributed by atoms with Crippen molar-refractivity contribution >= 4 is 27.3 Å². The molecule has 0 aliphatic heterocycles. The molecule has 8 heteroatoms. The highest BCUT2D eigenvalue weighted by molar-refractivity contribution is 7.92. The summed E-state index contributed by atoms with van der Waals surface area (Å²) in [6.45, 7) is 5.28. The number of nitrogens with zero attached hydrogens (tertiary/aromatic N) is 1. The summed E-state index contributed by atoms with van der Waals surface area (Å²) in [6, 6.07) is 29.4. The van der Waals surface area contributed by atoms with Gasteiger partial charge in [-0.1, -0.05) is 42.0 Å². The van der Waals surface area contributed by atoms with Crippen molar-refractivity contribution in [1.29, 1.82) is 0 Å². The van der Waals surface area contributed by atoms with E-state index in [1.54, 1.807) is 60.7 Å². The highest BCUT2D eigenvalue weighted by Crippen LogP contribution is 2.28. The zero-order valence-electron chi connectivity index (χ0n) is 21.5. The minimum absolute atomic E-state index is 0.0232. The lowest BCUT2D eigenvalue weighted by Gasteiger charge is -2.24. The lowest BCUT2D eigenvalue weighted by Crippen LogP contribution is -2.38. The van der Waals surface area contributed by atoms with E-state index >= 15 is 0 Å². The molecule has 7 nitrogen and oxygen atoms in total. The maximum atomic E-state index is 13.7. The second-order valence-corrected chi connectivity index (χ2v) is 10.8. The van der Waals surface area contributed by atoms with E-state index in [4.69, 9.17) is 9.47 Å². The van der Waals surface area contributed by atoms with Crippen molar-refractivity contribution in [3.05, 3.63) is 109 Å². The van der Waals surface area contributed by atoms with Gasteiger partial charge in [-0.2, -0.15) is 0 Å². The van der Waals surface area contributed by atoms with Crippen LogP contribution in [0.25, 0.3) is 0 Å². The van der Waals surface area contributed by atoms with Crippen LogP contribution in [0.3, 0.4) is 0 Å². The minimum atomic E-state index is -4.05. The van der Waals surface area contributed by atoms with Gasteiger partial charge in [-0.3, -0.25) is 9.10 Å². The molecule has 4 rings (SSSR count). The average Bonchev–Trinajstić information content (AvgIpc) is 2.88. The number of para-hydroxylation sites is 1. The third kappa shape index (κ3) is 6.92. The molecule has 0 aliphatic rings. The van der Waals surface area contributed by atoms with Crippen LogP contribution in [-0.4, -0.2) is 27.0 Å². The largest absolute Gasteiger partial charge is 0.491 e. The normalized spacial score (nSPS) is 11.2. The van der Waals surface area contributed by atoms with E-state index in [1.165, 1.54) is 12.1 Å². The van der Waals surface area contributed by atoms with Crippen LogP contribution in [-0.2, 0) is 14.8 Å². The number of sulfonamides is 1. The van der Waals surface area contributed by atoms with Crippen molar-refractivity contribution in [2.24, 2.45) is 0 Å². The molecule has 1 N–H and O–H groups in total. The molecule has 4 aromatic rings. The zero-order valence-corrected chi connectivity index (χ0v) is 22.3. The average molecular weight is 531 g/mol. The molecule has 0 saturated carbocycles. The van der Waals surface area contributed by atoms with Gasteiger partial charge in [-0.25, -0.2) is 8.42 Å².